The van der Waals surface area contributed by atoms with Gasteiger partial charge in [0.2, 0.25) is 5.91 Å². The van der Waals surface area contributed by atoms with Crippen LogP contribution < -0.4 is 16.0 Å². The van der Waals surface area contributed by atoms with Gasteiger partial charge in [-0.15, -0.1) is 0 Å². The monoisotopic (exact) mass is 512 g/mol. The fourth-order valence-electron chi connectivity index (χ4n) is 4.68. The van der Waals surface area contributed by atoms with Crippen LogP contribution in [0.5, 0.6) is 0 Å². The van der Waals surface area contributed by atoms with E-state index in [9.17, 15) is 9.59 Å². The van der Waals surface area contributed by atoms with Crippen LogP contribution in [0.1, 0.15) is 47.7 Å². The number of carboxylic acids is 1. The molecule has 4 N–H and O–H groups in total. The largest absolute Gasteiger partial charge is 0.478 e. The summed E-state index contributed by atoms with van der Waals surface area (Å²) in [4.78, 5) is 26.2. The van der Waals surface area contributed by atoms with E-state index in [-0.39, 0.29) is 17.5 Å². The molecule has 1 unspecified atom stereocenters. The Morgan fingerprint density at radius 1 is 0.974 bits per heavy atom. The van der Waals surface area contributed by atoms with Gasteiger partial charge in [0.15, 0.2) is 0 Å². The Bertz CT molecular complexity index is 1270. The summed E-state index contributed by atoms with van der Waals surface area (Å²) in [6.45, 7) is 5.59. The highest BCUT2D eigenvalue weighted by atomic mass is 16.4. The first kappa shape index (κ1) is 26.8. The van der Waals surface area contributed by atoms with E-state index in [0.717, 1.165) is 54.3 Å². The van der Waals surface area contributed by atoms with Gasteiger partial charge < -0.3 is 26.0 Å². The first-order valence-corrected chi connectivity index (χ1v) is 13.2. The molecule has 1 heterocycles. The van der Waals surface area contributed by atoms with Gasteiger partial charge >= 0.3 is 5.97 Å². The summed E-state index contributed by atoms with van der Waals surface area (Å²) in [5, 5.41) is 19.3. The molecule has 198 valence electrons. The number of para-hydroxylation sites is 1. The maximum absolute atomic E-state index is 13.1. The zero-order valence-electron chi connectivity index (χ0n) is 22.0. The van der Waals surface area contributed by atoms with E-state index < -0.39 is 5.97 Å². The number of anilines is 3. The number of allylic oxidation sites excluding steroid dienone is 1. The number of aromatic carboxylic acids is 1. The van der Waals surface area contributed by atoms with Crippen LogP contribution in [0.25, 0.3) is 0 Å². The van der Waals surface area contributed by atoms with Gasteiger partial charge in [-0.2, -0.15) is 0 Å². The van der Waals surface area contributed by atoms with Gasteiger partial charge in [0, 0.05) is 36.2 Å². The second kappa shape index (κ2) is 12.8. The summed E-state index contributed by atoms with van der Waals surface area (Å²) in [5.41, 5.74) is 5.29. The summed E-state index contributed by atoms with van der Waals surface area (Å²) >= 11 is 0. The van der Waals surface area contributed by atoms with Crippen molar-refractivity contribution in [3.05, 3.63) is 101 Å². The topological polar surface area (TPSA) is 93.7 Å². The van der Waals surface area contributed by atoms with Crippen molar-refractivity contribution in [1.82, 2.24) is 4.90 Å². The van der Waals surface area contributed by atoms with Gasteiger partial charge in [-0.25, -0.2) is 4.79 Å². The zero-order chi connectivity index (χ0) is 26.9. The van der Waals surface area contributed by atoms with Crippen molar-refractivity contribution < 1.29 is 14.7 Å². The molecule has 7 heteroatoms. The van der Waals surface area contributed by atoms with E-state index in [4.69, 9.17) is 5.11 Å². The highest BCUT2D eigenvalue weighted by molar-refractivity contribution is 5.88. The number of likely N-dealkylation sites (tertiary alicyclic amines) is 1. The van der Waals surface area contributed by atoms with Crippen LogP contribution in [0.2, 0.25) is 0 Å². The molecule has 0 bridgehead atoms. The molecule has 3 aromatic carbocycles. The molecule has 38 heavy (non-hydrogen) atoms. The maximum atomic E-state index is 13.1. The average molecular weight is 513 g/mol. The summed E-state index contributed by atoms with van der Waals surface area (Å²) in [7, 11) is 0. The SMILES string of the molecule is CC/C=C(/Nc1ccc(CC(=O)N2CCCC2CNc2ccc(C(=O)O)cc2)cc1)Nc1ccccc1C. The molecule has 1 aliphatic rings. The lowest BCUT2D eigenvalue weighted by molar-refractivity contribution is -0.131. The highest BCUT2D eigenvalue weighted by Gasteiger charge is 2.28. The number of rotatable bonds is 11. The Morgan fingerprint density at radius 2 is 1.68 bits per heavy atom. The van der Waals surface area contributed by atoms with Crippen LogP contribution in [0.4, 0.5) is 17.1 Å². The molecule has 7 nitrogen and oxygen atoms in total. The van der Waals surface area contributed by atoms with Crippen molar-refractivity contribution in [2.24, 2.45) is 0 Å². The Morgan fingerprint density at radius 3 is 2.37 bits per heavy atom. The molecule has 1 saturated heterocycles. The van der Waals surface area contributed by atoms with E-state index in [1.165, 1.54) is 5.56 Å². The van der Waals surface area contributed by atoms with Gasteiger partial charge in [-0.1, -0.05) is 37.3 Å². The van der Waals surface area contributed by atoms with Crippen LogP contribution in [-0.2, 0) is 11.2 Å². The van der Waals surface area contributed by atoms with Crippen molar-refractivity contribution in [2.75, 3.05) is 29.0 Å². The second-order valence-corrected chi connectivity index (χ2v) is 9.61. The van der Waals surface area contributed by atoms with Crippen molar-refractivity contribution in [3.8, 4) is 0 Å². The van der Waals surface area contributed by atoms with Crippen LogP contribution >= 0.6 is 0 Å². The molecule has 1 atom stereocenters. The van der Waals surface area contributed by atoms with Crippen LogP contribution in [0.15, 0.2) is 84.7 Å². The number of carbonyl (C=O) groups excluding carboxylic acids is 1. The molecule has 1 amide bonds. The van der Waals surface area contributed by atoms with Crippen LogP contribution in [0.3, 0.4) is 0 Å². The van der Waals surface area contributed by atoms with E-state index in [2.05, 4.69) is 48.0 Å². The smallest absolute Gasteiger partial charge is 0.335 e. The van der Waals surface area contributed by atoms with Crippen LogP contribution in [-0.4, -0.2) is 41.0 Å². The quantitative estimate of drug-likeness (QED) is 0.248. The van der Waals surface area contributed by atoms with Crippen molar-refractivity contribution in [1.29, 1.82) is 0 Å². The lowest BCUT2D eigenvalue weighted by atomic mass is 10.1. The first-order valence-electron chi connectivity index (χ1n) is 13.2. The number of nitrogens with one attached hydrogen (secondary N) is 3. The molecule has 0 aromatic heterocycles. The number of carbonyl (C=O) groups is 2. The summed E-state index contributed by atoms with van der Waals surface area (Å²) in [6.07, 6.45) is 5.32. The minimum atomic E-state index is -0.940. The molecule has 1 fully saturated rings. The molecule has 0 radical (unpaired) electrons. The lowest BCUT2D eigenvalue weighted by Crippen LogP contribution is -2.40. The van der Waals surface area contributed by atoms with Gasteiger partial charge in [0.1, 0.15) is 5.82 Å². The summed E-state index contributed by atoms with van der Waals surface area (Å²) in [5.74, 6) is 0.115. The second-order valence-electron chi connectivity index (χ2n) is 9.61. The third-order valence-electron chi connectivity index (χ3n) is 6.78. The van der Waals surface area contributed by atoms with Gasteiger partial charge in [0.25, 0.3) is 0 Å². The predicted molar refractivity (Wildman–Crippen MR) is 154 cm³/mol. The van der Waals surface area contributed by atoms with Gasteiger partial charge in [0.05, 0.1) is 12.0 Å². The molecule has 0 aliphatic carbocycles. The molecule has 0 spiro atoms. The summed E-state index contributed by atoms with van der Waals surface area (Å²) in [6, 6.07) is 23.0. The minimum absolute atomic E-state index is 0.122. The molecule has 4 rings (SSSR count). The summed E-state index contributed by atoms with van der Waals surface area (Å²) < 4.78 is 0. The first-order chi connectivity index (χ1) is 18.4. The average Bonchev–Trinajstić information content (AvgIpc) is 3.39. The Hall–Kier alpha value is -4.26. The fraction of sp³-hybridized carbons (Fsp3) is 0.290. The Labute approximate surface area is 224 Å². The van der Waals surface area contributed by atoms with E-state index >= 15 is 0 Å². The molecule has 0 saturated carbocycles. The number of amides is 1. The van der Waals surface area contributed by atoms with E-state index in [1.807, 2.05) is 41.3 Å². The third kappa shape index (κ3) is 7.16. The highest BCUT2D eigenvalue weighted by Crippen LogP contribution is 2.22. The number of nitrogens with zero attached hydrogens (tertiary/aromatic N) is 1. The molecule has 1 aliphatic heterocycles. The Kier molecular flexibility index (Phi) is 9.03. The fourth-order valence-corrected chi connectivity index (χ4v) is 4.68. The Balaban J connectivity index is 1.31. The standard InChI is InChI=1S/C31H36N4O3/c1-3-7-29(34-28-10-5-4-8-22(28)2)33-26-15-11-23(12-16-26)20-30(36)35-19-6-9-27(35)21-32-25-17-13-24(14-18-25)31(37)38/h4-5,7-8,10-18,27,32-34H,3,6,9,19-21H2,1-2H3,(H,37,38)/b29-7-. The van der Waals surface area contributed by atoms with Crippen molar-refractivity contribution in [3.63, 3.8) is 0 Å². The number of hydrogen-bond donors (Lipinski definition) is 4. The van der Waals surface area contributed by atoms with Gasteiger partial charge in [-0.05, 0) is 85.9 Å². The van der Waals surface area contributed by atoms with Crippen molar-refractivity contribution >= 4 is 28.9 Å². The molecular formula is C31H36N4O3. The number of benzene rings is 3. The van der Waals surface area contributed by atoms with Crippen molar-refractivity contribution in [2.45, 2.75) is 45.6 Å². The third-order valence-corrected chi connectivity index (χ3v) is 6.78. The lowest BCUT2D eigenvalue weighted by Gasteiger charge is -2.25. The predicted octanol–water partition coefficient (Wildman–Crippen LogP) is 6.11. The minimum Gasteiger partial charge on any atom is -0.478 e. The molecular weight excluding hydrogens is 476 g/mol. The number of carboxylic acid groups (broad SMARTS) is 1. The van der Waals surface area contributed by atoms with E-state index in [0.29, 0.717) is 13.0 Å². The van der Waals surface area contributed by atoms with Gasteiger partial charge in [-0.3, -0.25) is 4.79 Å². The van der Waals surface area contributed by atoms with Crippen LogP contribution in [0, 0.1) is 6.92 Å². The number of hydrogen-bond acceptors (Lipinski definition) is 5. The van der Waals surface area contributed by atoms with E-state index in [1.54, 1.807) is 24.3 Å². The number of aryl methyl sites for hydroxylation is 1. The maximum Gasteiger partial charge on any atom is 0.335 e. The molecule has 3 aromatic rings. The normalized spacial score (nSPS) is 15.3. The zero-order valence-corrected chi connectivity index (χ0v) is 22.0.